The van der Waals surface area contributed by atoms with Gasteiger partial charge in [-0.3, -0.25) is 4.90 Å². The van der Waals surface area contributed by atoms with Crippen LogP contribution in [-0.4, -0.2) is 26.2 Å². The van der Waals surface area contributed by atoms with E-state index in [0.717, 1.165) is 52.6 Å². The van der Waals surface area contributed by atoms with E-state index in [0.29, 0.717) is 5.56 Å². The largest absolute Gasteiger partial charge is 0.497 e. The summed E-state index contributed by atoms with van der Waals surface area (Å²) in [5.41, 5.74) is 5.09. The van der Waals surface area contributed by atoms with Gasteiger partial charge in [0, 0.05) is 41.3 Å². The third-order valence-electron chi connectivity index (χ3n) is 7.12. The molecule has 1 heterocycles. The van der Waals surface area contributed by atoms with Crippen molar-refractivity contribution >= 4 is 23.0 Å². The van der Waals surface area contributed by atoms with Crippen LogP contribution in [0.15, 0.2) is 97.1 Å². The summed E-state index contributed by atoms with van der Waals surface area (Å²) < 4.78 is 11.9. The number of cyclic esters (lactones) is 1. The molecule has 1 atom stereocenters. The van der Waals surface area contributed by atoms with E-state index in [-0.39, 0.29) is 5.97 Å². The van der Waals surface area contributed by atoms with Crippen LogP contribution in [0.5, 0.6) is 5.75 Å². The van der Waals surface area contributed by atoms with E-state index in [1.165, 1.54) is 0 Å². The molecule has 5 rings (SSSR count). The molecule has 5 heteroatoms. The average Bonchev–Trinajstić information content (AvgIpc) is 3.23. The highest BCUT2D eigenvalue weighted by Gasteiger charge is 2.53. The highest BCUT2D eigenvalue weighted by Crippen LogP contribution is 2.51. The number of methoxy groups -OCH3 is 1. The lowest BCUT2D eigenvalue weighted by Crippen LogP contribution is -2.45. The second kappa shape index (κ2) is 10.0. The van der Waals surface area contributed by atoms with Gasteiger partial charge < -0.3 is 14.4 Å². The quantitative estimate of drug-likeness (QED) is 0.246. The van der Waals surface area contributed by atoms with E-state index >= 15 is 0 Å². The molecule has 0 aliphatic carbocycles. The van der Waals surface area contributed by atoms with E-state index in [4.69, 9.17) is 9.47 Å². The number of aryl methyl sites for hydroxylation is 1. The van der Waals surface area contributed by atoms with Crippen molar-refractivity contribution in [2.75, 3.05) is 30.0 Å². The minimum absolute atomic E-state index is 0.336. The van der Waals surface area contributed by atoms with Crippen molar-refractivity contribution in [2.24, 2.45) is 0 Å². The minimum Gasteiger partial charge on any atom is -0.497 e. The van der Waals surface area contributed by atoms with E-state index in [1.54, 1.807) is 7.11 Å². The molecule has 0 aromatic heterocycles. The number of carbonyl (C=O) groups excluding carboxylic acids is 1. The number of carbonyl (C=O) groups is 1. The third kappa shape index (κ3) is 4.10. The van der Waals surface area contributed by atoms with Gasteiger partial charge in [-0.2, -0.15) is 0 Å². The molecule has 1 aliphatic rings. The van der Waals surface area contributed by atoms with Crippen molar-refractivity contribution in [3.8, 4) is 5.75 Å². The van der Waals surface area contributed by atoms with Crippen LogP contribution in [0.25, 0.3) is 0 Å². The van der Waals surface area contributed by atoms with Gasteiger partial charge in [0.1, 0.15) is 5.75 Å². The first kappa shape index (κ1) is 24.4. The van der Waals surface area contributed by atoms with Crippen LogP contribution in [0.4, 0.5) is 17.1 Å². The summed E-state index contributed by atoms with van der Waals surface area (Å²) in [5.74, 6) is 0.423. The number of hydrogen-bond acceptors (Lipinski definition) is 5. The number of benzene rings is 4. The van der Waals surface area contributed by atoms with Gasteiger partial charge in [-0.1, -0.05) is 42.5 Å². The Bertz CT molecular complexity index is 1400. The first-order valence-electron chi connectivity index (χ1n) is 12.7. The molecule has 37 heavy (non-hydrogen) atoms. The van der Waals surface area contributed by atoms with Crippen LogP contribution < -0.4 is 14.5 Å². The number of anilines is 3. The Morgan fingerprint density at radius 2 is 1.38 bits per heavy atom. The summed E-state index contributed by atoms with van der Waals surface area (Å²) in [5, 5.41) is 0. The molecule has 0 saturated heterocycles. The highest BCUT2D eigenvalue weighted by molar-refractivity contribution is 5.97. The number of fused-ring (bicyclic) bond motifs is 1. The molecule has 0 N–H and O–H groups in total. The van der Waals surface area contributed by atoms with Gasteiger partial charge in [0.05, 0.1) is 12.7 Å². The zero-order chi connectivity index (χ0) is 26.0. The normalized spacial score (nSPS) is 16.2. The first-order chi connectivity index (χ1) is 18.0. The molecule has 0 radical (unpaired) electrons. The van der Waals surface area contributed by atoms with Gasteiger partial charge in [0.2, 0.25) is 5.72 Å². The number of para-hydroxylation sites is 1. The fraction of sp³-hybridized carbons (Fsp3) is 0.219. The zero-order valence-corrected chi connectivity index (χ0v) is 21.8. The Hall–Kier alpha value is -4.25. The number of rotatable bonds is 8. The number of ether oxygens (including phenoxy) is 2. The van der Waals surface area contributed by atoms with Crippen LogP contribution in [0.2, 0.25) is 0 Å². The van der Waals surface area contributed by atoms with Crippen LogP contribution in [0, 0.1) is 6.92 Å². The SMILES string of the molecule is CCN(CC)c1ccc(C2(N(c3ccccc3)c3ccc(OC)cc3)OC(=O)c3ccccc32)c(C)c1. The molecule has 1 unspecified atom stereocenters. The maximum absolute atomic E-state index is 13.4. The molecule has 1 aliphatic heterocycles. The lowest BCUT2D eigenvalue weighted by Gasteiger charge is -2.43. The standard InChI is InChI=1S/C32H32N2O3/c1-5-33(6-2)26-18-21-29(23(3)22-26)32(30-15-11-10-14-28(30)31(35)37-32)34(24-12-8-7-9-13-24)25-16-19-27(36-4)20-17-25/h7-22H,5-6H2,1-4H3. The monoisotopic (exact) mass is 492 g/mol. The van der Waals surface area contributed by atoms with Gasteiger partial charge in [0.15, 0.2) is 0 Å². The van der Waals surface area contributed by atoms with Gasteiger partial charge in [-0.15, -0.1) is 0 Å². The van der Waals surface area contributed by atoms with Crippen LogP contribution in [0.1, 0.15) is 40.9 Å². The summed E-state index contributed by atoms with van der Waals surface area (Å²) in [4.78, 5) is 17.9. The summed E-state index contributed by atoms with van der Waals surface area (Å²) in [6.45, 7) is 8.24. The summed E-state index contributed by atoms with van der Waals surface area (Å²) >= 11 is 0. The molecule has 0 bridgehead atoms. The fourth-order valence-electron chi connectivity index (χ4n) is 5.32. The molecule has 0 fully saturated rings. The number of nitrogens with zero attached hydrogens (tertiary/aromatic N) is 2. The maximum Gasteiger partial charge on any atom is 0.341 e. The smallest absolute Gasteiger partial charge is 0.341 e. The third-order valence-corrected chi connectivity index (χ3v) is 7.12. The highest BCUT2D eigenvalue weighted by atomic mass is 16.6. The lowest BCUT2D eigenvalue weighted by atomic mass is 9.87. The predicted molar refractivity (Wildman–Crippen MR) is 149 cm³/mol. The van der Waals surface area contributed by atoms with Gasteiger partial charge in [-0.05, 0) is 80.9 Å². The van der Waals surface area contributed by atoms with Crippen LogP contribution >= 0.6 is 0 Å². The fourth-order valence-corrected chi connectivity index (χ4v) is 5.32. The molecule has 4 aromatic carbocycles. The second-order valence-corrected chi connectivity index (χ2v) is 9.12. The minimum atomic E-state index is -1.20. The van der Waals surface area contributed by atoms with E-state index in [2.05, 4.69) is 48.8 Å². The lowest BCUT2D eigenvalue weighted by molar-refractivity contribution is 0.0132. The van der Waals surface area contributed by atoms with Crippen molar-refractivity contribution < 1.29 is 14.3 Å². The average molecular weight is 493 g/mol. The van der Waals surface area contributed by atoms with E-state index < -0.39 is 5.72 Å². The molecule has 188 valence electrons. The summed E-state index contributed by atoms with van der Waals surface area (Å²) in [6.07, 6.45) is 0. The summed E-state index contributed by atoms with van der Waals surface area (Å²) in [7, 11) is 1.65. The molecule has 0 spiro atoms. The van der Waals surface area contributed by atoms with Crippen molar-refractivity contribution in [3.05, 3.63) is 119 Å². The Kier molecular flexibility index (Phi) is 6.62. The second-order valence-electron chi connectivity index (χ2n) is 9.12. The predicted octanol–water partition coefficient (Wildman–Crippen LogP) is 7.06. The molecular weight excluding hydrogens is 460 g/mol. The Morgan fingerprint density at radius 3 is 2.03 bits per heavy atom. The molecule has 4 aromatic rings. The first-order valence-corrected chi connectivity index (χ1v) is 12.7. The maximum atomic E-state index is 13.4. The van der Waals surface area contributed by atoms with E-state index in [9.17, 15) is 4.79 Å². The van der Waals surface area contributed by atoms with Crippen molar-refractivity contribution in [3.63, 3.8) is 0 Å². The van der Waals surface area contributed by atoms with Gasteiger partial charge in [-0.25, -0.2) is 4.79 Å². The zero-order valence-electron chi connectivity index (χ0n) is 21.8. The Balaban J connectivity index is 1.82. The molecule has 0 amide bonds. The molecule has 0 saturated carbocycles. The van der Waals surface area contributed by atoms with Crippen LogP contribution in [0.3, 0.4) is 0 Å². The number of esters is 1. The van der Waals surface area contributed by atoms with Crippen molar-refractivity contribution in [1.29, 1.82) is 0 Å². The summed E-state index contributed by atoms with van der Waals surface area (Å²) in [6, 6.07) is 32.0. The van der Waals surface area contributed by atoms with Crippen molar-refractivity contribution in [1.82, 2.24) is 0 Å². The molecule has 5 nitrogen and oxygen atoms in total. The van der Waals surface area contributed by atoms with Gasteiger partial charge >= 0.3 is 5.97 Å². The number of hydrogen-bond donors (Lipinski definition) is 0. The van der Waals surface area contributed by atoms with Crippen molar-refractivity contribution in [2.45, 2.75) is 26.5 Å². The Morgan fingerprint density at radius 1 is 0.757 bits per heavy atom. The van der Waals surface area contributed by atoms with Gasteiger partial charge in [0.25, 0.3) is 0 Å². The Labute approximate surface area is 218 Å². The van der Waals surface area contributed by atoms with E-state index in [1.807, 2.05) is 78.9 Å². The topological polar surface area (TPSA) is 42.0 Å². The molecular formula is C32H32N2O3. The van der Waals surface area contributed by atoms with Crippen LogP contribution in [-0.2, 0) is 10.5 Å².